The first-order valence-electron chi connectivity index (χ1n) is 16.5. The molecule has 1 saturated heterocycles. The molecule has 2 aliphatic rings. The maximum Gasteiger partial charge on any atom is 0.410 e. The molecule has 16 heteroatoms. The Morgan fingerprint density at radius 1 is 1.08 bits per heavy atom. The fourth-order valence-electron chi connectivity index (χ4n) is 6.02. The maximum atomic E-state index is 13.3. The fraction of sp³-hybridized carbons (Fsp3) is 0.656. The second-order valence-corrected chi connectivity index (χ2v) is 20.4. The number of alkyl halides is 3. The Morgan fingerprint density at radius 3 is 2.48 bits per heavy atom. The number of hydrogen-bond donors (Lipinski definition) is 1. The molecule has 0 spiro atoms. The average molecular weight is 693 g/mol. The van der Waals surface area contributed by atoms with Crippen molar-refractivity contribution >= 4 is 36.9 Å². The first-order valence-corrected chi connectivity index (χ1v) is 20.3. The number of ether oxygens (including phenoxy) is 2. The predicted molar refractivity (Wildman–Crippen MR) is 178 cm³/mol. The smallest absolute Gasteiger partial charge is 0.410 e. The Labute approximate surface area is 280 Å². The van der Waals surface area contributed by atoms with Gasteiger partial charge in [0.05, 0.1) is 17.8 Å². The lowest BCUT2D eigenvalue weighted by atomic mass is 10.0. The number of fused-ring (bicyclic) bond motifs is 2. The number of likely N-dealkylation sites (tertiary alicyclic amines) is 1. The summed E-state index contributed by atoms with van der Waals surface area (Å²) in [5.41, 5.74) is 1.79. The third-order valence-electron chi connectivity index (χ3n) is 8.52. The van der Waals surface area contributed by atoms with Gasteiger partial charge in [0.25, 0.3) is 5.91 Å². The number of halogens is 3. The number of nitrogens with one attached hydrogen (secondary N) is 1. The monoisotopic (exact) mass is 692 g/mol. The molecule has 5 rings (SSSR count). The fourth-order valence-corrected chi connectivity index (χ4v) is 6.78. The second kappa shape index (κ2) is 14.1. The van der Waals surface area contributed by atoms with Gasteiger partial charge in [0.2, 0.25) is 0 Å². The summed E-state index contributed by atoms with van der Waals surface area (Å²) in [5.74, 6) is 0.0603. The van der Waals surface area contributed by atoms with Crippen molar-refractivity contribution in [1.29, 1.82) is 0 Å². The second-order valence-electron chi connectivity index (χ2n) is 14.8. The molecular weight excluding hydrogens is 645 g/mol. The van der Waals surface area contributed by atoms with E-state index in [0.717, 1.165) is 22.8 Å². The Hall–Kier alpha value is -3.66. The quantitative estimate of drug-likeness (QED) is 0.211. The van der Waals surface area contributed by atoms with Gasteiger partial charge in [0.15, 0.2) is 5.69 Å². The Bertz CT molecular complexity index is 1600. The van der Waals surface area contributed by atoms with Crippen molar-refractivity contribution in [2.45, 2.75) is 103 Å². The number of carbonyl (C=O) groups is 2. The van der Waals surface area contributed by atoms with Crippen LogP contribution < -0.4 is 10.2 Å². The molecule has 0 radical (unpaired) electrons. The van der Waals surface area contributed by atoms with Crippen molar-refractivity contribution < 1.29 is 32.2 Å². The van der Waals surface area contributed by atoms with E-state index in [0.29, 0.717) is 70.2 Å². The lowest BCUT2D eigenvalue weighted by Crippen LogP contribution is -2.42. The molecule has 0 aliphatic carbocycles. The van der Waals surface area contributed by atoms with Gasteiger partial charge in [-0.25, -0.2) is 14.8 Å². The molecule has 48 heavy (non-hydrogen) atoms. The molecule has 5 heterocycles. The summed E-state index contributed by atoms with van der Waals surface area (Å²) in [7, 11) is -1.22. The minimum atomic E-state index is -4.39. The molecule has 3 aromatic heterocycles. The lowest BCUT2D eigenvalue weighted by molar-refractivity contribution is -0.133. The van der Waals surface area contributed by atoms with Crippen LogP contribution in [-0.4, -0.2) is 93.9 Å². The minimum Gasteiger partial charge on any atom is -0.444 e. The standard InChI is InChI=1S/C32H47F3N8O4Si/c1-31(2,3)47-30(45)40-13-7-22(8-14-40)43-25-10-16-41(19-24(25)26(39-43)29(44)36-12-11-32(33,34)35)27-23-9-15-42(28(23)38-20-37-27)21-46-17-18-48(4,5)6/h9,15,20,22H,7-8,10-14,16-19,21H2,1-6H3,(H,36,44). The summed E-state index contributed by atoms with van der Waals surface area (Å²) in [6.45, 7) is 14.7. The van der Waals surface area contributed by atoms with Crippen LogP contribution in [0.2, 0.25) is 25.7 Å². The Balaban J connectivity index is 1.36. The molecule has 1 N–H and O–H groups in total. The highest BCUT2D eigenvalue weighted by Gasteiger charge is 2.35. The number of carbonyl (C=O) groups excluding carboxylic acids is 2. The van der Waals surface area contributed by atoms with Crippen molar-refractivity contribution in [2.24, 2.45) is 0 Å². The van der Waals surface area contributed by atoms with Crippen molar-refractivity contribution in [3.63, 3.8) is 0 Å². The molecule has 0 saturated carbocycles. The SMILES string of the molecule is CC(C)(C)OC(=O)N1CCC(n2nc(C(=O)NCCC(F)(F)F)c3c2CCN(c2ncnc4c2ccn4COCC[Si](C)(C)C)C3)CC1. The molecule has 264 valence electrons. The molecule has 0 atom stereocenters. The number of hydrogen-bond acceptors (Lipinski definition) is 8. The van der Waals surface area contributed by atoms with Gasteiger partial charge in [-0.15, -0.1) is 0 Å². The van der Waals surface area contributed by atoms with E-state index in [1.54, 1.807) is 4.90 Å². The molecule has 3 aromatic rings. The van der Waals surface area contributed by atoms with E-state index in [2.05, 4.69) is 39.8 Å². The molecular formula is C32H47F3N8O4Si. The molecule has 2 aliphatic heterocycles. The van der Waals surface area contributed by atoms with E-state index in [1.807, 2.05) is 42.3 Å². The first-order chi connectivity index (χ1) is 22.5. The zero-order valence-corrected chi connectivity index (χ0v) is 29.7. The van der Waals surface area contributed by atoms with Gasteiger partial charge in [-0.2, -0.15) is 18.3 Å². The van der Waals surface area contributed by atoms with Crippen LogP contribution in [0.1, 0.15) is 67.8 Å². The van der Waals surface area contributed by atoms with Crippen molar-refractivity contribution in [3.8, 4) is 0 Å². The molecule has 12 nitrogen and oxygen atoms in total. The van der Waals surface area contributed by atoms with Crippen LogP contribution in [0.15, 0.2) is 18.6 Å². The van der Waals surface area contributed by atoms with Gasteiger partial charge in [0, 0.05) is 71.3 Å². The summed E-state index contributed by atoms with van der Waals surface area (Å²) in [5, 5.41) is 7.99. The summed E-state index contributed by atoms with van der Waals surface area (Å²) in [6, 6.07) is 2.93. The van der Waals surface area contributed by atoms with Gasteiger partial charge in [-0.05, 0) is 45.7 Å². The highest BCUT2D eigenvalue weighted by Crippen LogP contribution is 2.34. The van der Waals surface area contributed by atoms with E-state index in [-0.39, 0.29) is 17.8 Å². The van der Waals surface area contributed by atoms with Gasteiger partial charge in [0.1, 0.15) is 30.1 Å². The number of nitrogens with zero attached hydrogens (tertiary/aromatic N) is 7. The third kappa shape index (κ3) is 8.86. The van der Waals surface area contributed by atoms with E-state index in [4.69, 9.17) is 14.6 Å². The number of anilines is 1. The summed E-state index contributed by atoms with van der Waals surface area (Å²) in [4.78, 5) is 38.8. The zero-order chi connectivity index (χ0) is 34.9. The largest absolute Gasteiger partial charge is 0.444 e. The number of piperidine rings is 1. The van der Waals surface area contributed by atoms with E-state index in [9.17, 15) is 22.8 Å². The summed E-state index contributed by atoms with van der Waals surface area (Å²) < 4.78 is 53.9. The highest BCUT2D eigenvalue weighted by atomic mass is 28.3. The van der Waals surface area contributed by atoms with Crippen molar-refractivity contribution in [2.75, 3.05) is 37.7 Å². The lowest BCUT2D eigenvalue weighted by Gasteiger charge is -2.35. The molecule has 1 fully saturated rings. The topological polar surface area (TPSA) is 120 Å². The van der Waals surface area contributed by atoms with Crippen LogP contribution in [0.4, 0.5) is 23.8 Å². The Morgan fingerprint density at radius 2 is 1.81 bits per heavy atom. The van der Waals surface area contributed by atoms with Crippen LogP contribution in [-0.2, 0) is 29.2 Å². The molecule has 2 amide bonds. The van der Waals surface area contributed by atoms with E-state index < -0.39 is 38.7 Å². The van der Waals surface area contributed by atoms with Gasteiger partial charge < -0.3 is 29.2 Å². The normalized spacial score (nSPS) is 16.4. The number of rotatable bonds is 10. The van der Waals surface area contributed by atoms with Crippen LogP contribution in [0.25, 0.3) is 11.0 Å². The highest BCUT2D eigenvalue weighted by molar-refractivity contribution is 6.76. The zero-order valence-electron chi connectivity index (χ0n) is 28.7. The third-order valence-corrected chi connectivity index (χ3v) is 10.2. The van der Waals surface area contributed by atoms with Gasteiger partial charge >= 0.3 is 12.3 Å². The van der Waals surface area contributed by atoms with Gasteiger partial charge in [-0.3, -0.25) is 9.48 Å². The molecule has 0 bridgehead atoms. The first kappa shape index (κ1) is 35.6. The van der Waals surface area contributed by atoms with Crippen LogP contribution in [0.3, 0.4) is 0 Å². The minimum absolute atomic E-state index is 0.0820. The predicted octanol–water partition coefficient (Wildman–Crippen LogP) is 5.76. The van der Waals surface area contributed by atoms with Crippen LogP contribution in [0.5, 0.6) is 0 Å². The van der Waals surface area contributed by atoms with Gasteiger partial charge in [-0.1, -0.05) is 19.6 Å². The molecule has 0 unspecified atom stereocenters. The van der Waals surface area contributed by atoms with E-state index >= 15 is 0 Å². The van der Waals surface area contributed by atoms with E-state index in [1.165, 1.54) is 6.33 Å². The number of amides is 2. The van der Waals surface area contributed by atoms with Crippen molar-refractivity contribution in [3.05, 3.63) is 35.5 Å². The van der Waals surface area contributed by atoms with Crippen molar-refractivity contribution in [1.82, 2.24) is 34.5 Å². The van der Waals surface area contributed by atoms with Crippen LogP contribution in [0, 0.1) is 0 Å². The summed E-state index contributed by atoms with van der Waals surface area (Å²) >= 11 is 0. The number of aromatic nitrogens is 5. The average Bonchev–Trinajstić information content (AvgIpc) is 3.59. The summed E-state index contributed by atoms with van der Waals surface area (Å²) in [6.07, 6.45) is -0.693. The van der Waals surface area contributed by atoms with Crippen LogP contribution >= 0.6 is 0 Å². The molecule has 0 aromatic carbocycles. The Kier molecular flexibility index (Phi) is 10.4. The maximum absolute atomic E-state index is 13.3.